The standard InChI is InChI=1S/C18H14Cl2N2O2/c1-10-13(19)8-5-9-15(10)21-18(23)16-11(2)24-22-17(16)12-6-3-4-7-14(12)20/h3-9H,1-2H3,(H,21,23). The minimum atomic E-state index is -0.325. The molecule has 0 unspecified atom stereocenters. The van der Waals surface area contributed by atoms with Crippen molar-refractivity contribution in [1.29, 1.82) is 0 Å². The Morgan fingerprint density at radius 2 is 1.75 bits per heavy atom. The Labute approximate surface area is 149 Å². The minimum Gasteiger partial charge on any atom is -0.360 e. The fourth-order valence-electron chi connectivity index (χ4n) is 2.40. The van der Waals surface area contributed by atoms with Gasteiger partial charge in [-0.3, -0.25) is 4.79 Å². The second-order valence-corrected chi connectivity index (χ2v) is 6.12. The molecule has 1 amide bonds. The molecule has 0 aliphatic carbocycles. The van der Waals surface area contributed by atoms with Crippen LogP contribution < -0.4 is 5.32 Å². The quantitative estimate of drug-likeness (QED) is 0.669. The lowest BCUT2D eigenvalue weighted by Gasteiger charge is -2.10. The molecule has 0 saturated heterocycles. The largest absolute Gasteiger partial charge is 0.360 e. The zero-order valence-electron chi connectivity index (χ0n) is 13.1. The van der Waals surface area contributed by atoms with E-state index in [-0.39, 0.29) is 5.91 Å². The van der Waals surface area contributed by atoms with Gasteiger partial charge in [-0.25, -0.2) is 0 Å². The Kier molecular flexibility index (Phi) is 4.60. The number of halogens is 2. The first kappa shape index (κ1) is 16.6. The highest BCUT2D eigenvalue weighted by Gasteiger charge is 2.23. The molecule has 1 N–H and O–H groups in total. The van der Waals surface area contributed by atoms with Crippen LogP contribution in [0.2, 0.25) is 10.0 Å². The highest BCUT2D eigenvalue weighted by molar-refractivity contribution is 6.33. The molecule has 1 aromatic heterocycles. The van der Waals surface area contributed by atoms with Gasteiger partial charge in [0.05, 0.1) is 5.02 Å². The molecule has 3 rings (SSSR count). The fourth-order valence-corrected chi connectivity index (χ4v) is 2.80. The monoisotopic (exact) mass is 360 g/mol. The summed E-state index contributed by atoms with van der Waals surface area (Å²) in [6.45, 7) is 3.53. The average molecular weight is 361 g/mol. The number of aryl methyl sites for hydroxylation is 1. The maximum absolute atomic E-state index is 12.8. The van der Waals surface area contributed by atoms with E-state index >= 15 is 0 Å². The molecule has 6 heteroatoms. The number of benzene rings is 2. The van der Waals surface area contributed by atoms with Crippen molar-refractivity contribution in [3.8, 4) is 11.3 Å². The van der Waals surface area contributed by atoms with Crippen LogP contribution in [0, 0.1) is 13.8 Å². The first-order valence-corrected chi connectivity index (χ1v) is 8.02. The van der Waals surface area contributed by atoms with Gasteiger partial charge in [0.15, 0.2) is 0 Å². The molecule has 1 heterocycles. The summed E-state index contributed by atoms with van der Waals surface area (Å²) in [6, 6.07) is 12.5. The molecule has 2 aromatic carbocycles. The third-order valence-electron chi connectivity index (χ3n) is 3.73. The van der Waals surface area contributed by atoms with E-state index in [0.717, 1.165) is 5.56 Å². The Bertz CT molecular complexity index is 919. The van der Waals surface area contributed by atoms with Crippen LogP contribution in [-0.4, -0.2) is 11.1 Å². The molecule has 122 valence electrons. The molecule has 24 heavy (non-hydrogen) atoms. The lowest BCUT2D eigenvalue weighted by atomic mass is 10.1. The van der Waals surface area contributed by atoms with Crippen LogP contribution in [0.3, 0.4) is 0 Å². The van der Waals surface area contributed by atoms with Crippen LogP contribution >= 0.6 is 23.2 Å². The van der Waals surface area contributed by atoms with Crippen LogP contribution in [0.1, 0.15) is 21.7 Å². The van der Waals surface area contributed by atoms with Crippen molar-refractivity contribution in [2.24, 2.45) is 0 Å². The first-order valence-electron chi connectivity index (χ1n) is 7.26. The highest BCUT2D eigenvalue weighted by atomic mass is 35.5. The molecular formula is C18H14Cl2N2O2. The van der Waals surface area contributed by atoms with Gasteiger partial charge >= 0.3 is 0 Å². The zero-order valence-corrected chi connectivity index (χ0v) is 14.6. The maximum atomic E-state index is 12.8. The van der Waals surface area contributed by atoms with Crippen molar-refractivity contribution >= 4 is 34.8 Å². The van der Waals surface area contributed by atoms with Crippen molar-refractivity contribution in [2.45, 2.75) is 13.8 Å². The van der Waals surface area contributed by atoms with Gasteiger partial charge in [-0.15, -0.1) is 0 Å². The van der Waals surface area contributed by atoms with E-state index in [0.29, 0.717) is 38.3 Å². The van der Waals surface area contributed by atoms with E-state index in [2.05, 4.69) is 10.5 Å². The van der Waals surface area contributed by atoms with Crippen molar-refractivity contribution in [2.75, 3.05) is 5.32 Å². The number of hydrogen-bond donors (Lipinski definition) is 1. The molecular weight excluding hydrogens is 347 g/mol. The summed E-state index contributed by atoms with van der Waals surface area (Å²) < 4.78 is 5.22. The van der Waals surface area contributed by atoms with Crippen molar-refractivity contribution in [3.05, 3.63) is 69.4 Å². The van der Waals surface area contributed by atoms with Crippen LogP contribution in [0.15, 0.2) is 47.0 Å². The molecule has 0 bridgehead atoms. The van der Waals surface area contributed by atoms with E-state index in [4.69, 9.17) is 27.7 Å². The summed E-state index contributed by atoms with van der Waals surface area (Å²) in [5, 5.41) is 7.94. The zero-order chi connectivity index (χ0) is 17.3. The second-order valence-electron chi connectivity index (χ2n) is 5.31. The van der Waals surface area contributed by atoms with Gasteiger partial charge in [0.2, 0.25) is 0 Å². The van der Waals surface area contributed by atoms with E-state index in [9.17, 15) is 4.79 Å². The lowest BCUT2D eigenvalue weighted by molar-refractivity contribution is 0.102. The van der Waals surface area contributed by atoms with Gasteiger partial charge in [0.1, 0.15) is 17.0 Å². The number of nitrogens with zero attached hydrogens (tertiary/aromatic N) is 1. The Morgan fingerprint density at radius 1 is 1.04 bits per heavy atom. The lowest BCUT2D eigenvalue weighted by Crippen LogP contribution is -2.14. The van der Waals surface area contributed by atoms with Gasteiger partial charge in [0, 0.05) is 16.3 Å². The topological polar surface area (TPSA) is 55.1 Å². The van der Waals surface area contributed by atoms with E-state index in [1.165, 1.54) is 0 Å². The van der Waals surface area contributed by atoms with Crippen molar-refractivity contribution in [3.63, 3.8) is 0 Å². The summed E-state index contributed by atoms with van der Waals surface area (Å²) in [5.41, 5.74) is 2.83. The number of amides is 1. The maximum Gasteiger partial charge on any atom is 0.261 e. The van der Waals surface area contributed by atoms with E-state index in [1.54, 1.807) is 37.3 Å². The molecule has 0 saturated carbocycles. The number of carbonyl (C=O) groups is 1. The first-order chi connectivity index (χ1) is 11.5. The predicted molar refractivity (Wildman–Crippen MR) is 95.8 cm³/mol. The number of rotatable bonds is 3. The second kappa shape index (κ2) is 6.67. The van der Waals surface area contributed by atoms with E-state index in [1.807, 2.05) is 19.1 Å². The molecule has 0 atom stereocenters. The van der Waals surface area contributed by atoms with Crippen LogP contribution in [-0.2, 0) is 0 Å². The molecule has 0 fully saturated rings. The molecule has 3 aromatic rings. The van der Waals surface area contributed by atoms with Crippen LogP contribution in [0.4, 0.5) is 5.69 Å². The van der Waals surface area contributed by atoms with Crippen LogP contribution in [0.25, 0.3) is 11.3 Å². The van der Waals surface area contributed by atoms with Gasteiger partial charge in [-0.1, -0.05) is 52.6 Å². The summed E-state index contributed by atoms with van der Waals surface area (Å²) >= 11 is 12.3. The van der Waals surface area contributed by atoms with Crippen LogP contribution in [0.5, 0.6) is 0 Å². The smallest absolute Gasteiger partial charge is 0.261 e. The third-order valence-corrected chi connectivity index (χ3v) is 4.47. The summed E-state index contributed by atoms with van der Waals surface area (Å²) in [4.78, 5) is 12.8. The Balaban J connectivity index is 2.01. The van der Waals surface area contributed by atoms with Crippen molar-refractivity contribution in [1.82, 2.24) is 5.16 Å². The number of aromatic nitrogens is 1. The summed E-state index contributed by atoms with van der Waals surface area (Å²) in [7, 11) is 0. The van der Waals surface area contributed by atoms with Gasteiger partial charge in [-0.2, -0.15) is 0 Å². The summed E-state index contributed by atoms with van der Waals surface area (Å²) in [5.74, 6) is 0.0936. The normalized spacial score (nSPS) is 10.7. The van der Waals surface area contributed by atoms with E-state index < -0.39 is 0 Å². The van der Waals surface area contributed by atoms with Crippen molar-refractivity contribution < 1.29 is 9.32 Å². The Hall–Kier alpha value is -2.30. The highest BCUT2D eigenvalue weighted by Crippen LogP contribution is 2.32. The predicted octanol–water partition coefficient (Wildman–Crippen LogP) is 5.52. The minimum absolute atomic E-state index is 0.325. The molecule has 0 radical (unpaired) electrons. The fraction of sp³-hybridized carbons (Fsp3) is 0.111. The van der Waals surface area contributed by atoms with Gasteiger partial charge in [-0.05, 0) is 37.6 Å². The number of nitrogens with one attached hydrogen (secondary N) is 1. The number of carbonyl (C=O) groups excluding carboxylic acids is 1. The van der Waals surface area contributed by atoms with Gasteiger partial charge in [0.25, 0.3) is 5.91 Å². The Morgan fingerprint density at radius 3 is 2.50 bits per heavy atom. The average Bonchev–Trinajstić information content (AvgIpc) is 2.94. The molecule has 4 nitrogen and oxygen atoms in total. The molecule has 0 aliphatic rings. The third kappa shape index (κ3) is 3.03. The summed E-state index contributed by atoms with van der Waals surface area (Å²) in [6.07, 6.45) is 0. The molecule has 0 aliphatic heterocycles. The molecule has 0 spiro atoms. The number of hydrogen-bond acceptors (Lipinski definition) is 3. The number of anilines is 1. The SMILES string of the molecule is Cc1onc(-c2ccccc2Cl)c1C(=O)Nc1cccc(Cl)c1C. The van der Waals surface area contributed by atoms with Gasteiger partial charge < -0.3 is 9.84 Å².